The number of nitrogens with two attached hydrogens (primary N) is 1. The number of hydrogen-bond acceptors (Lipinski definition) is 3. The van der Waals surface area contributed by atoms with Crippen LogP contribution in [0.3, 0.4) is 0 Å². The molecule has 0 saturated carbocycles. The number of anilines is 3. The molecule has 0 bridgehead atoms. The van der Waals surface area contributed by atoms with Gasteiger partial charge in [-0.1, -0.05) is 40.2 Å². The van der Waals surface area contributed by atoms with Gasteiger partial charge in [0.25, 0.3) is 0 Å². The van der Waals surface area contributed by atoms with Crippen LogP contribution in [-0.4, -0.2) is 4.98 Å². The predicted octanol–water partition coefficient (Wildman–Crippen LogP) is 4.32. The number of nitrogen functional groups attached to an aromatic ring is 1. The Morgan fingerprint density at radius 2 is 1.79 bits per heavy atom. The van der Waals surface area contributed by atoms with Crippen molar-refractivity contribution in [2.24, 2.45) is 0 Å². The second-order valence-electron chi connectivity index (χ2n) is 4.24. The van der Waals surface area contributed by atoms with Crippen LogP contribution in [0, 0.1) is 0 Å². The molecule has 1 heterocycles. The molecule has 0 amide bonds. The average molecular weight is 314 g/mol. The van der Waals surface area contributed by atoms with E-state index in [9.17, 15) is 0 Å². The van der Waals surface area contributed by atoms with Crippen LogP contribution in [0.1, 0.15) is 0 Å². The standard InChI is InChI=1S/C15H12BrN3/c16-13-5-6-14(12-4-2-1-3-11(12)13)19-15-9-10(17)7-8-18-15/h1-9H,(H3,17,18,19). The summed E-state index contributed by atoms with van der Waals surface area (Å²) in [6, 6.07) is 15.8. The summed E-state index contributed by atoms with van der Waals surface area (Å²) >= 11 is 3.56. The van der Waals surface area contributed by atoms with E-state index in [1.165, 1.54) is 0 Å². The van der Waals surface area contributed by atoms with Gasteiger partial charge in [-0.25, -0.2) is 4.98 Å². The maximum Gasteiger partial charge on any atom is 0.132 e. The van der Waals surface area contributed by atoms with Crippen LogP contribution in [0.25, 0.3) is 10.8 Å². The van der Waals surface area contributed by atoms with Crippen molar-refractivity contribution in [1.29, 1.82) is 0 Å². The van der Waals surface area contributed by atoms with E-state index in [0.717, 1.165) is 26.8 Å². The molecule has 0 aliphatic heterocycles. The van der Waals surface area contributed by atoms with E-state index in [4.69, 9.17) is 5.73 Å². The Kier molecular flexibility index (Phi) is 3.09. The Bertz CT molecular complexity index is 740. The number of rotatable bonds is 2. The van der Waals surface area contributed by atoms with Crippen molar-refractivity contribution < 1.29 is 0 Å². The SMILES string of the molecule is Nc1ccnc(Nc2ccc(Br)c3ccccc23)c1. The third-order valence-corrected chi connectivity index (χ3v) is 3.61. The summed E-state index contributed by atoms with van der Waals surface area (Å²) in [7, 11) is 0. The minimum atomic E-state index is 0.693. The third kappa shape index (κ3) is 2.39. The zero-order chi connectivity index (χ0) is 13.2. The van der Waals surface area contributed by atoms with Crippen LogP contribution in [0.2, 0.25) is 0 Å². The van der Waals surface area contributed by atoms with Crippen molar-refractivity contribution in [2.75, 3.05) is 11.1 Å². The third-order valence-electron chi connectivity index (χ3n) is 2.92. The number of benzene rings is 2. The number of aromatic nitrogens is 1. The van der Waals surface area contributed by atoms with E-state index >= 15 is 0 Å². The van der Waals surface area contributed by atoms with E-state index in [2.05, 4.69) is 38.4 Å². The van der Waals surface area contributed by atoms with E-state index in [1.54, 1.807) is 12.3 Å². The summed E-state index contributed by atoms with van der Waals surface area (Å²) < 4.78 is 1.08. The van der Waals surface area contributed by atoms with E-state index in [0.29, 0.717) is 5.69 Å². The molecule has 0 atom stereocenters. The molecule has 1 aromatic heterocycles. The van der Waals surface area contributed by atoms with Gasteiger partial charge < -0.3 is 11.1 Å². The highest BCUT2D eigenvalue weighted by Crippen LogP contribution is 2.31. The maximum atomic E-state index is 5.76. The molecule has 4 heteroatoms. The Hall–Kier alpha value is -2.07. The molecule has 3 N–H and O–H groups in total. The van der Waals surface area contributed by atoms with Gasteiger partial charge in [-0.2, -0.15) is 0 Å². The molecule has 0 aliphatic carbocycles. The van der Waals surface area contributed by atoms with Gasteiger partial charge in [-0.15, -0.1) is 0 Å². The van der Waals surface area contributed by atoms with Crippen molar-refractivity contribution >= 4 is 43.9 Å². The number of hydrogen-bond donors (Lipinski definition) is 2. The highest BCUT2D eigenvalue weighted by Gasteiger charge is 2.04. The first-order chi connectivity index (χ1) is 9.24. The lowest BCUT2D eigenvalue weighted by atomic mass is 10.1. The van der Waals surface area contributed by atoms with Gasteiger partial charge in [0.05, 0.1) is 0 Å². The van der Waals surface area contributed by atoms with Crippen molar-refractivity contribution in [3.05, 3.63) is 59.2 Å². The van der Waals surface area contributed by atoms with Gasteiger partial charge in [0, 0.05) is 33.5 Å². The fourth-order valence-corrected chi connectivity index (χ4v) is 2.50. The lowest BCUT2D eigenvalue weighted by Gasteiger charge is -2.10. The molecule has 2 aromatic carbocycles. The monoisotopic (exact) mass is 313 g/mol. The van der Waals surface area contributed by atoms with E-state index in [-0.39, 0.29) is 0 Å². The quantitative estimate of drug-likeness (QED) is 0.740. The largest absolute Gasteiger partial charge is 0.399 e. The number of nitrogens with one attached hydrogen (secondary N) is 1. The first-order valence-corrected chi connectivity index (χ1v) is 6.69. The highest BCUT2D eigenvalue weighted by atomic mass is 79.9. The number of nitrogens with zero attached hydrogens (tertiary/aromatic N) is 1. The molecule has 0 fully saturated rings. The fourth-order valence-electron chi connectivity index (χ4n) is 2.02. The summed E-state index contributed by atoms with van der Waals surface area (Å²) in [5.74, 6) is 0.743. The zero-order valence-corrected chi connectivity index (χ0v) is 11.7. The molecule has 19 heavy (non-hydrogen) atoms. The Morgan fingerprint density at radius 3 is 2.58 bits per heavy atom. The smallest absolute Gasteiger partial charge is 0.132 e. The topological polar surface area (TPSA) is 50.9 Å². The Labute approximate surface area is 119 Å². The predicted molar refractivity (Wildman–Crippen MR) is 83.6 cm³/mol. The summed E-state index contributed by atoms with van der Waals surface area (Å²) in [5.41, 5.74) is 7.47. The van der Waals surface area contributed by atoms with Crippen LogP contribution in [-0.2, 0) is 0 Å². The first kappa shape index (κ1) is 12.0. The summed E-state index contributed by atoms with van der Waals surface area (Å²) in [6.45, 7) is 0. The van der Waals surface area contributed by atoms with Gasteiger partial charge in [0.1, 0.15) is 5.82 Å². The van der Waals surface area contributed by atoms with Crippen molar-refractivity contribution in [1.82, 2.24) is 4.98 Å². The second-order valence-corrected chi connectivity index (χ2v) is 5.09. The van der Waals surface area contributed by atoms with Gasteiger partial charge in [-0.05, 0) is 23.6 Å². The number of pyridine rings is 1. The van der Waals surface area contributed by atoms with Crippen LogP contribution in [0.5, 0.6) is 0 Å². The second kappa shape index (κ2) is 4.90. The van der Waals surface area contributed by atoms with Crippen LogP contribution < -0.4 is 11.1 Å². The molecule has 0 unspecified atom stereocenters. The van der Waals surface area contributed by atoms with Gasteiger partial charge in [0.2, 0.25) is 0 Å². The lowest BCUT2D eigenvalue weighted by molar-refractivity contribution is 1.31. The number of halogens is 1. The molecule has 3 aromatic rings. The summed E-state index contributed by atoms with van der Waals surface area (Å²) in [6.07, 6.45) is 1.69. The average Bonchev–Trinajstić information content (AvgIpc) is 2.42. The molecular formula is C15H12BrN3. The Balaban J connectivity index is 2.09. The first-order valence-electron chi connectivity index (χ1n) is 5.90. The maximum absolute atomic E-state index is 5.76. The molecule has 3 nitrogen and oxygen atoms in total. The van der Waals surface area contributed by atoms with E-state index in [1.807, 2.05) is 30.3 Å². The summed E-state index contributed by atoms with van der Waals surface area (Å²) in [5, 5.41) is 5.61. The van der Waals surface area contributed by atoms with E-state index < -0.39 is 0 Å². The number of fused-ring (bicyclic) bond motifs is 1. The van der Waals surface area contributed by atoms with Gasteiger partial charge >= 0.3 is 0 Å². The van der Waals surface area contributed by atoms with Crippen molar-refractivity contribution in [2.45, 2.75) is 0 Å². The van der Waals surface area contributed by atoms with Crippen LogP contribution in [0.15, 0.2) is 59.2 Å². The normalized spacial score (nSPS) is 10.6. The van der Waals surface area contributed by atoms with Crippen molar-refractivity contribution in [3.8, 4) is 0 Å². The molecule has 0 aliphatic rings. The molecular weight excluding hydrogens is 302 g/mol. The zero-order valence-electron chi connectivity index (χ0n) is 10.1. The fraction of sp³-hybridized carbons (Fsp3) is 0. The summed E-state index contributed by atoms with van der Waals surface area (Å²) in [4.78, 5) is 4.26. The van der Waals surface area contributed by atoms with Crippen LogP contribution in [0.4, 0.5) is 17.2 Å². The van der Waals surface area contributed by atoms with Crippen molar-refractivity contribution in [3.63, 3.8) is 0 Å². The molecule has 94 valence electrons. The van der Waals surface area contributed by atoms with Gasteiger partial charge in [-0.3, -0.25) is 0 Å². The highest BCUT2D eigenvalue weighted by molar-refractivity contribution is 9.10. The molecule has 0 saturated heterocycles. The minimum Gasteiger partial charge on any atom is -0.399 e. The van der Waals surface area contributed by atoms with Crippen LogP contribution >= 0.6 is 15.9 Å². The molecule has 0 radical (unpaired) electrons. The lowest BCUT2D eigenvalue weighted by Crippen LogP contribution is -1.96. The van der Waals surface area contributed by atoms with Gasteiger partial charge in [0.15, 0.2) is 0 Å². The molecule has 3 rings (SSSR count). The molecule has 0 spiro atoms. The minimum absolute atomic E-state index is 0.693. The Morgan fingerprint density at radius 1 is 1.00 bits per heavy atom.